The summed E-state index contributed by atoms with van der Waals surface area (Å²) in [6.07, 6.45) is -4.52. The number of hydrogen-bond donors (Lipinski definition) is 1. The van der Waals surface area contributed by atoms with Crippen LogP contribution in [0, 0.1) is 0 Å². The van der Waals surface area contributed by atoms with E-state index in [-0.39, 0.29) is 44.3 Å². The average Bonchev–Trinajstić information content (AvgIpc) is 2.69. The highest BCUT2D eigenvalue weighted by Crippen LogP contribution is 2.31. The first-order valence-corrected chi connectivity index (χ1v) is 10.2. The molecule has 6 nitrogen and oxygen atoms in total. The zero-order valence-corrected chi connectivity index (χ0v) is 16.1. The molecule has 2 aromatic carbocycles. The van der Waals surface area contributed by atoms with Crippen molar-refractivity contribution >= 4 is 15.9 Å². The second-order valence-corrected chi connectivity index (χ2v) is 8.59. The van der Waals surface area contributed by atoms with E-state index >= 15 is 0 Å². The molecule has 0 unspecified atom stereocenters. The number of hydrogen-bond acceptors (Lipinski definition) is 4. The fourth-order valence-electron chi connectivity index (χ4n) is 3.06. The van der Waals surface area contributed by atoms with Gasteiger partial charge in [0.05, 0.1) is 16.9 Å². The fraction of sp³-hybridized carbons (Fsp3) is 0.316. The molecule has 156 valence electrons. The summed E-state index contributed by atoms with van der Waals surface area (Å²) in [5.74, 6) is -0.0959. The third-order valence-electron chi connectivity index (χ3n) is 4.68. The maximum atomic E-state index is 12.9. The van der Waals surface area contributed by atoms with E-state index in [0.717, 1.165) is 22.5 Å². The van der Waals surface area contributed by atoms with Crippen LogP contribution in [-0.4, -0.2) is 54.8 Å². The minimum atomic E-state index is -4.63. The summed E-state index contributed by atoms with van der Waals surface area (Å²) >= 11 is 0. The summed E-state index contributed by atoms with van der Waals surface area (Å²) in [7, 11) is -4.09. The molecule has 1 fully saturated rings. The molecule has 0 radical (unpaired) electrons. The predicted octanol–water partition coefficient (Wildman–Crippen LogP) is 2.49. The van der Waals surface area contributed by atoms with E-state index in [1.165, 1.54) is 17.0 Å². The number of phenolic OH excluding ortho intramolecular Hbond substituents is 1. The van der Waals surface area contributed by atoms with E-state index in [1.54, 1.807) is 12.1 Å². The molecule has 29 heavy (non-hydrogen) atoms. The highest BCUT2D eigenvalue weighted by molar-refractivity contribution is 7.89. The summed E-state index contributed by atoms with van der Waals surface area (Å²) in [6, 6.07) is 9.84. The Morgan fingerprint density at radius 3 is 2.21 bits per heavy atom. The third-order valence-corrected chi connectivity index (χ3v) is 6.58. The maximum Gasteiger partial charge on any atom is 0.416 e. The van der Waals surface area contributed by atoms with Crippen LogP contribution >= 0.6 is 0 Å². The lowest BCUT2D eigenvalue weighted by molar-refractivity contribution is -0.137. The van der Waals surface area contributed by atoms with Gasteiger partial charge in [0.2, 0.25) is 15.9 Å². The summed E-state index contributed by atoms with van der Waals surface area (Å²) in [6.45, 7) is 0.296. The van der Waals surface area contributed by atoms with Crippen molar-refractivity contribution in [2.45, 2.75) is 17.5 Å². The Labute approximate surface area is 166 Å². The number of aromatic hydroxyl groups is 1. The predicted molar refractivity (Wildman–Crippen MR) is 98.6 cm³/mol. The summed E-state index contributed by atoms with van der Waals surface area (Å²) < 4.78 is 65.1. The highest BCUT2D eigenvalue weighted by Gasteiger charge is 2.34. The number of nitrogens with zero attached hydrogens (tertiary/aromatic N) is 2. The van der Waals surface area contributed by atoms with Gasteiger partial charge in [-0.1, -0.05) is 18.2 Å². The van der Waals surface area contributed by atoms with Crippen LogP contribution in [0.2, 0.25) is 0 Å². The van der Waals surface area contributed by atoms with Crippen molar-refractivity contribution in [3.63, 3.8) is 0 Å². The SMILES string of the molecule is O=C(Cc1ccc(O)cc1)N1CCN(S(=O)(=O)c2cccc(C(F)(F)F)c2)CC1. The van der Waals surface area contributed by atoms with E-state index in [2.05, 4.69) is 0 Å². The first-order chi connectivity index (χ1) is 13.6. The van der Waals surface area contributed by atoms with E-state index in [9.17, 15) is 31.5 Å². The molecule has 0 bridgehead atoms. The Kier molecular flexibility index (Phi) is 5.85. The Morgan fingerprint density at radius 1 is 1.00 bits per heavy atom. The summed E-state index contributed by atoms with van der Waals surface area (Å²) in [5.41, 5.74) is -0.312. The van der Waals surface area contributed by atoms with Gasteiger partial charge in [-0.2, -0.15) is 17.5 Å². The van der Waals surface area contributed by atoms with Gasteiger partial charge >= 0.3 is 6.18 Å². The molecule has 0 spiro atoms. The standard InChI is InChI=1S/C19H19F3N2O4S/c20-19(21,22)15-2-1-3-17(13-15)29(27,28)24-10-8-23(9-11-24)18(26)12-14-4-6-16(25)7-5-14/h1-7,13,25H,8-12H2. The molecular weight excluding hydrogens is 409 g/mol. The first-order valence-electron chi connectivity index (χ1n) is 8.80. The molecule has 1 aliphatic heterocycles. The number of benzene rings is 2. The molecule has 0 saturated carbocycles. The lowest BCUT2D eigenvalue weighted by atomic mass is 10.1. The number of carbonyl (C=O) groups is 1. The minimum absolute atomic E-state index is 0.000103. The van der Waals surface area contributed by atoms with E-state index in [1.807, 2.05) is 0 Å². The molecular formula is C19H19F3N2O4S. The molecule has 0 aromatic heterocycles. The lowest BCUT2D eigenvalue weighted by Crippen LogP contribution is -2.50. The van der Waals surface area contributed by atoms with Crippen molar-refractivity contribution < 1.29 is 31.5 Å². The second kappa shape index (κ2) is 8.03. The number of sulfonamides is 1. The second-order valence-electron chi connectivity index (χ2n) is 6.65. The molecule has 1 aliphatic rings. The van der Waals surface area contributed by atoms with Crippen LogP contribution in [0.4, 0.5) is 13.2 Å². The third kappa shape index (κ3) is 4.88. The van der Waals surface area contributed by atoms with Crippen molar-refractivity contribution in [2.24, 2.45) is 0 Å². The zero-order chi connectivity index (χ0) is 21.2. The largest absolute Gasteiger partial charge is 0.508 e. The number of piperazine rings is 1. The smallest absolute Gasteiger partial charge is 0.416 e. The van der Waals surface area contributed by atoms with Crippen molar-refractivity contribution in [3.05, 3.63) is 59.7 Å². The maximum absolute atomic E-state index is 12.9. The van der Waals surface area contributed by atoms with Crippen LogP contribution < -0.4 is 0 Å². The Bertz CT molecular complexity index is 983. The lowest BCUT2D eigenvalue weighted by Gasteiger charge is -2.34. The quantitative estimate of drug-likeness (QED) is 0.812. The Morgan fingerprint density at radius 2 is 1.62 bits per heavy atom. The number of amides is 1. The molecule has 0 aliphatic carbocycles. The topological polar surface area (TPSA) is 77.9 Å². The number of carbonyl (C=O) groups excluding carboxylic acids is 1. The van der Waals surface area contributed by atoms with Gasteiger partial charge in [0.15, 0.2) is 0 Å². The van der Waals surface area contributed by atoms with E-state index < -0.39 is 26.7 Å². The van der Waals surface area contributed by atoms with Gasteiger partial charge in [-0.05, 0) is 35.9 Å². The minimum Gasteiger partial charge on any atom is -0.508 e. The van der Waals surface area contributed by atoms with Crippen LogP contribution in [0.15, 0.2) is 53.4 Å². The van der Waals surface area contributed by atoms with Crippen molar-refractivity contribution in [2.75, 3.05) is 26.2 Å². The van der Waals surface area contributed by atoms with Crippen molar-refractivity contribution in [3.8, 4) is 5.75 Å². The summed E-state index contributed by atoms with van der Waals surface area (Å²) in [5, 5.41) is 9.28. The monoisotopic (exact) mass is 428 g/mol. The first kappa shape index (κ1) is 21.1. The van der Waals surface area contributed by atoms with E-state index in [0.29, 0.717) is 11.6 Å². The van der Waals surface area contributed by atoms with Crippen molar-refractivity contribution in [1.29, 1.82) is 0 Å². The zero-order valence-electron chi connectivity index (χ0n) is 15.3. The Balaban J connectivity index is 1.65. The van der Waals surface area contributed by atoms with Gasteiger partial charge in [0.1, 0.15) is 5.75 Å². The number of phenols is 1. The molecule has 1 N–H and O–H groups in total. The normalized spacial score (nSPS) is 16.0. The van der Waals surface area contributed by atoms with Gasteiger partial charge in [-0.25, -0.2) is 8.42 Å². The Hall–Kier alpha value is -2.59. The molecule has 1 amide bonds. The average molecular weight is 428 g/mol. The van der Waals surface area contributed by atoms with Crippen LogP contribution in [0.1, 0.15) is 11.1 Å². The molecule has 2 aromatic rings. The number of rotatable bonds is 4. The number of halogens is 3. The van der Waals surface area contributed by atoms with Gasteiger partial charge in [-0.3, -0.25) is 4.79 Å². The molecule has 1 saturated heterocycles. The van der Waals surface area contributed by atoms with Gasteiger partial charge in [0.25, 0.3) is 0 Å². The fourth-order valence-corrected chi connectivity index (χ4v) is 4.53. The molecule has 10 heteroatoms. The molecule has 3 rings (SSSR count). The van der Waals surface area contributed by atoms with Gasteiger partial charge in [0, 0.05) is 26.2 Å². The van der Waals surface area contributed by atoms with Crippen molar-refractivity contribution in [1.82, 2.24) is 9.21 Å². The molecule has 0 atom stereocenters. The van der Waals surface area contributed by atoms with Crippen LogP contribution in [0.5, 0.6) is 5.75 Å². The van der Waals surface area contributed by atoms with Crippen LogP contribution in [-0.2, 0) is 27.4 Å². The number of alkyl halides is 3. The van der Waals surface area contributed by atoms with Gasteiger partial charge < -0.3 is 10.0 Å². The summed E-state index contributed by atoms with van der Waals surface area (Å²) in [4.78, 5) is 13.5. The van der Waals surface area contributed by atoms with E-state index in [4.69, 9.17) is 0 Å². The van der Waals surface area contributed by atoms with Gasteiger partial charge in [-0.15, -0.1) is 0 Å². The van der Waals surface area contributed by atoms with Crippen LogP contribution in [0.3, 0.4) is 0 Å². The highest BCUT2D eigenvalue weighted by atomic mass is 32.2. The van der Waals surface area contributed by atoms with Crippen LogP contribution in [0.25, 0.3) is 0 Å². The molecule has 1 heterocycles.